The number of para-hydroxylation sites is 1. The number of fused-ring (bicyclic) bond motifs is 1. The first-order valence-electron chi connectivity index (χ1n) is 6.71. The third-order valence-electron chi connectivity index (χ3n) is 3.22. The topological polar surface area (TPSA) is 94.8 Å². The quantitative estimate of drug-likeness (QED) is 0.601. The highest BCUT2D eigenvalue weighted by molar-refractivity contribution is 5.91. The molecule has 1 atom stereocenters. The van der Waals surface area contributed by atoms with Crippen molar-refractivity contribution < 1.29 is 4.79 Å². The van der Waals surface area contributed by atoms with Crippen molar-refractivity contribution in [3.05, 3.63) is 36.0 Å². The number of nitrogens with two attached hydrogens (primary N) is 1. The van der Waals surface area contributed by atoms with E-state index in [1.807, 2.05) is 37.4 Å². The van der Waals surface area contributed by atoms with Crippen LogP contribution in [0.5, 0.6) is 0 Å². The highest BCUT2D eigenvalue weighted by atomic mass is 16.1. The summed E-state index contributed by atoms with van der Waals surface area (Å²) in [6, 6.07) is 7.98. The number of aromatic amines is 1. The summed E-state index contributed by atoms with van der Waals surface area (Å²) >= 11 is 0. The highest BCUT2D eigenvalue weighted by Gasteiger charge is 2.11. The fourth-order valence-electron chi connectivity index (χ4n) is 2.33. The van der Waals surface area contributed by atoms with E-state index >= 15 is 0 Å². The third kappa shape index (κ3) is 3.45. The molecule has 106 valence electrons. The fourth-order valence-corrected chi connectivity index (χ4v) is 2.33. The van der Waals surface area contributed by atoms with E-state index in [-0.39, 0.29) is 18.5 Å². The van der Waals surface area contributed by atoms with E-state index in [1.165, 1.54) is 0 Å². The van der Waals surface area contributed by atoms with E-state index in [2.05, 4.69) is 10.3 Å². The number of hydrogen-bond acceptors (Lipinski definition) is 3. The summed E-state index contributed by atoms with van der Waals surface area (Å²) in [5.41, 5.74) is 8.05. The SMILES string of the molecule is C[C@H](CC(=N)Cc1c[nH]c2ccccc12)NC(=O)CN. The molecule has 1 amide bonds. The minimum atomic E-state index is -0.183. The number of rotatable bonds is 6. The standard InChI is InChI=1S/C15H20N4O/c1-10(19-15(20)8-16)6-12(17)7-11-9-18-14-5-3-2-4-13(11)14/h2-5,9-10,17-18H,6-8,16H2,1H3,(H,19,20)/t10-/m1/s1. The van der Waals surface area contributed by atoms with Gasteiger partial charge in [-0.15, -0.1) is 0 Å². The molecule has 0 radical (unpaired) electrons. The first kappa shape index (κ1) is 14.3. The molecule has 20 heavy (non-hydrogen) atoms. The Morgan fingerprint density at radius 3 is 2.95 bits per heavy atom. The van der Waals surface area contributed by atoms with Gasteiger partial charge in [-0.3, -0.25) is 4.79 Å². The molecule has 5 N–H and O–H groups in total. The zero-order valence-corrected chi connectivity index (χ0v) is 11.6. The van der Waals surface area contributed by atoms with E-state index in [4.69, 9.17) is 11.1 Å². The first-order chi connectivity index (χ1) is 9.60. The van der Waals surface area contributed by atoms with Crippen LogP contribution in [0.15, 0.2) is 30.5 Å². The Morgan fingerprint density at radius 1 is 1.45 bits per heavy atom. The van der Waals surface area contributed by atoms with Crippen molar-refractivity contribution in [2.24, 2.45) is 5.73 Å². The number of benzene rings is 1. The molecule has 1 aromatic heterocycles. The molecule has 0 unspecified atom stereocenters. The second-order valence-electron chi connectivity index (χ2n) is 5.02. The van der Waals surface area contributed by atoms with Crippen molar-refractivity contribution in [1.29, 1.82) is 5.41 Å². The molecular formula is C15H20N4O. The lowest BCUT2D eigenvalue weighted by Gasteiger charge is -2.13. The number of carbonyl (C=O) groups is 1. The minimum absolute atomic E-state index is 0.0138. The van der Waals surface area contributed by atoms with Gasteiger partial charge in [-0.1, -0.05) is 18.2 Å². The minimum Gasteiger partial charge on any atom is -0.361 e. The van der Waals surface area contributed by atoms with Crippen molar-refractivity contribution in [2.75, 3.05) is 6.54 Å². The lowest BCUT2D eigenvalue weighted by molar-refractivity contribution is -0.120. The summed E-state index contributed by atoms with van der Waals surface area (Å²) < 4.78 is 0. The maximum atomic E-state index is 11.2. The van der Waals surface area contributed by atoms with Crippen molar-refractivity contribution >= 4 is 22.5 Å². The summed E-state index contributed by atoms with van der Waals surface area (Å²) in [4.78, 5) is 14.4. The maximum Gasteiger partial charge on any atom is 0.233 e. The summed E-state index contributed by atoms with van der Waals surface area (Å²) in [7, 11) is 0. The van der Waals surface area contributed by atoms with E-state index in [1.54, 1.807) is 0 Å². The Bertz CT molecular complexity index is 617. The van der Waals surface area contributed by atoms with Gasteiger partial charge in [-0.2, -0.15) is 0 Å². The number of carbonyl (C=O) groups excluding carboxylic acids is 1. The molecule has 1 heterocycles. The number of aromatic nitrogens is 1. The van der Waals surface area contributed by atoms with Crippen LogP contribution in [0, 0.1) is 5.41 Å². The molecule has 0 fully saturated rings. The molecular weight excluding hydrogens is 252 g/mol. The van der Waals surface area contributed by atoms with Gasteiger partial charge in [0.25, 0.3) is 0 Å². The molecule has 5 nitrogen and oxygen atoms in total. The summed E-state index contributed by atoms with van der Waals surface area (Å²) in [6.45, 7) is 1.87. The van der Waals surface area contributed by atoms with Gasteiger partial charge in [0.1, 0.15) is 0 Å². The molecule has 5 heteroatoms. The van der Waals surface area contributed by atoms with Crippen LogP contribution < -0.4 is 11.1 Å². The van der Waals surface area contributed by atoms with E-state index in [0.29, 0.717) is 18.6 Å². The zero-order chi connectivity index (χ0) is 14.5. The number of H-pyrrole nitrogens is 1. The molecule has 1 aromatic carbocycles. The van der Waals surface area contributed by atoms with Gasteiger partial charge in [0, 0.05) is 41.7 Å². The predicted octanol–water partition coefficient (Wildman–Crippen LogP) is 1.58. The van der Waals surface area contributed by atoms with Gasteiger partial charge < -0.3 is 21.4 Å². The van der Waals surface area contributed by atoms with Crippen LogP contribution in [0.3, 0.4) is 0 Å². The van der Waals surface area contributed by atoms with Gasteiger partial charge >= 0.3 is 0 Å². The van der Waals surface area contributed by atoms with Gasteiger partial charge in [0.05, 0.1) is 6.54 Å². The Balaban J connectivity index is 1.96. The average Bonchev–Trinajstić information content (AvgIpc) is 2.81. The first-order valence-corrected chi connectivity index (χ1v) is 6.71. The van der Waals surface area contributed by atoms with Crippen molar-refractivity contribution in [1.82, 2.24) is 10.3 Å². The van der Waals surface area contributed by atoms with Crippen LogP contribution in [-0.4, -0.2) is 29.2 Å². The smallest absolute Gasteiger partial charge is 0.233 e. The molecule has 0 saturated carbocycles. The molecule has 2 rings (SSSR count). The predicted molar refractivity (Wildman–Crippen MR) is 81.0 cm³/mol. The zero-order valence-electron chi connectivity index (χ0n) is 11.6. The number of hydrogen-bond donors (Lipinski definition) is 4. The van der Waals surface area contributed by atoms with Crippen molar-refractivity contribution in [3.63, 3.8) is 0 Å². The lowest BCUT2D eigenvalue weighted by Crippen LogP contribution is -2.38. The van der Waals surface area contributed by atoms with Gasteiger partial charge in [-0.05, 0) is 18.6 Å². The van der Waals surface area contributed by atoms with Crippen LogP contribution in [0.1, 0.15) is 18.9 Å². The van der Waals surface area contributed by atoms with Crippen LogP contribution >= 0.6 is 0 Å². The van der Waals surface area contributed by atoms with E-state index in [0.717, 1.165) is 16.5 Å². The van der Waals surface area contributed by atoms with E-state index < -0.39 is 0 Å². The normalized spacial score (nSPS) is 12.3. The second-order valence-corrected chi connectivity index (χ2v) is 5.02. The van der Waals surface area contributed by atoms with E-state index in [9.17, 15) is 4.79 Å². The highest BCUT2D eigenvalue weighted by Crippen LogP contribution is 2.18. The monoisotopic (exact) mass is 272 g/mol. The molecule has 0 aliphatic carbocycles. The van der Waals surface area contributed by atoms with Crippen LogP contribution in [0.25, 0.3) is 10.9 Å². The number of nitrogens with one attached hydrogen (secondary N) is 3. The Morgan fingerprint density at radius 2 is 2.20 bits per heavy atom. The van der Waals surface area contributed by atoms with Gasteiger partial charge in [-0.25, -0.2) is 0 Å². The van der Waals surface area contributed by atoms with Gasteiger partial charge in [0.15, 0.2) is 0 Å². The lowest BCUT2D eigenvalue weighted by atomic mass is 10.0. The molecule has 2 aromatic rings. The Hall–Kier alpha value is -2.14. The maximum absolute atomic E-state index is 11.2. The molecule has 0 aliphatic heterocycles. The third-order valence-corrected chi connectivity index (χ3v) is 3.22. The van der Waals surface area contributed by atoms with Crippen LogP contribution in [0.4, 0.5) is 0 Å². The Kier molecular flexibility index (Phi) is 4.53. The molecule has 0 aliphatic rings. The van der Waals surface area contributed by atoms with Crippen molar-refractivity contribution in [2.45, 2.75) is 25.8 Å². The largest absolute Gasteiger partial charge is 0.361 e. The average molecular weight is 272 g/mol. The molecule has 0 bridgehead atoms. The summed E-state index contributed by atoms with van der Waals surface area (Å²) in [5.74, 6) is -0.183. The Labute approximate surface area is 118 Å². The van der Waals surface area contributed by atoms with Gasteiger partial charge in [0.2, 0.25) is 5.91 Å². The summed E-state index contributed by atoms with van der Waals surface area (Å²) in [6.07, 6.45) is 3.07. The van der Waals surface area contributed by atoms with Crippen LogP contribution in [0.2, 0.25) is 0 Å². The fraction of sp³-hybridized carbons (Fsp3) is 0.333. The molecule has 0 spiro atoms. The summed E-state index contributed by atoms with van der Waals surface area (Å²) in [5, 5.41) is 12.0. The molecule has 0 saturated heterocycles. The number of amides is 1. The van der Waals surface area contributed by atoms with Crippen molar-refractivity contribution in [3.8, 4) is 0 Å². The second kappa shape index (κ2) is 6.34. The van der Waals surface area contributed by atoms with Crippen LogP contribution in [-0.2, 0) is 11.2 Å².